The van der Waals surface area contributed by atoms with Gasteiger partial charge in [-0.3, -0.25) is 0 Å². The van der Waals surface area contributed by atoms with Gasteiger partial charge in [0.05, 0.1) is 31.1 Å². The van der Waals surface area contributed by atoms with E-state index in [9.17, 15) is 0 Å². The number of benzene rings is 2. The van der Waals surface area contributed by atoms with Gasteiger partial charge in [-0.2, -0.15) is 0 Å². The van der Waals surface area contributed by atoms with Crippen LogP contribution in [0.4, 0.5) is 5.69 Å². The second-order valence-corrected chi connectivity index (χ2v) is 8.02. The number of fused-ring (bicyclic) bond motifs is 5. The summed E-state index contributed by atoms with van der Waals surface area (Å²) in [4.78, 5) is 5.08. The van der Waals surface area contributed by atoms with Crippen molar-refractivity contribution in [3.63, 3.8) is 0 Å². The molecule has 2 aliphatic heterocycles. The third-order valence-electron chi connectivity index (χ3n) is 6.29. The predicted molar refractivity (Wildman–Crippen MR) is 105 cm³/mol. The van der Waals surface area contributed by atoms with Crippen LogP contribution in [0.25, 0.3) is 0 Å². The molecule has 5 rings (SSSR count). The molecule has 2 aromatic carbocycles. The fraction of sp³-hybridized carbons (Fsp3) is 0.391. The molecular weight excluding hydrogens is 320 g/mol. The molecule has 3 nitrogen and oxygen atoms in total. The van der Waals surface area contributed by atoms with E-state index in [2.05, 4.69) is 73.9 Å². The maximum absolute atomic E-state index is 6.31. The van der Waals surface area contributed by atoms with E-state index in [-0.39, 0.29) is 6.10 Å². The van der Waals surface area contributed by atoms with Crippen molar-refractivity contribution < 1.29 is 4.74 Å². The number of nitrogens with zero attached hydrogens (tertiary/aromatic N) is 2. The number of hydrogen-bond acceptors (Lipinski definition) is 3. The van der Waals surface area contributed by atoms with Crippen molar-refractivity contribution in [2.45, 2.75) is 46.3 Å². The number of morpholine rings is 1. The Balaban J connectivity index is 1.57. The average Bonchev–Trinajstić information content (AvgIpc) is 3.12. The van der Waals surface area contributed by atoms with E-state index < -0.39 is 0 Å². The van der Waals surface area contributed by atoms with Crippen LogP contribution in [0, 0.1) is 20.8 Å². The first-order valence-electron chi connectivity index (χ1n) is 9.56. The van der Waals surface area contributed by atoms with Gasteiger partial charge in [-0.1, -0.05) is 42.0 Å². The highest BCUT2D eigenvalue weighted by atomic mass is 16.5. The highest BCUT2D eigenvalue weighted by molar-refractivity contribution is 5.65. The van der Waals surface area contributed by atoms with Crippen molar-refractivity contribution in [1.82, 2.24) is 4.90 Å². The van der Waals surface area contributed by atoms with Crippen LogP contribution in [0.1, 0.15) is 40.8 Å². The molecule has 0 spiro atoms. The van der Waals surface area contributed by atoms with E-state index in [1.165, 1.54) is 44.9 Å². The predicted octanol–water partition coefficient (Wildman–Crippen LogP) is 4.62. The molecular formula is C23H26N2O. The van der Waals surface area contributed by atoms with Crippen LogP contribution in [-0.2, 0) is 11.2 Å². The zero-order valence-electron chi connectivity index (χ0n) is 16.0. The van der Waals surface area contributed by atoms with Crippen molar-refractivity contribution >= 4 is 5.69 Å². The fourth-order valence-corrected chi connectivity index (χ4v) is 5.23. The van der Waals surface area contributed by atoms with Gasteiger partial charge in [0.2, 0.25) is 0 Å². The summed E-state index contributed by atoms with van der Waals surface area (Å²) >= 11 is 0. The van der Waals surface area contributed by atoms with Gasteiger partial charge < -0.3 is 14.5 Å². The van der Waals surface area contributed by atoms with Gasteiger partial charge in [0.1, 0.15) is 0 Å². The maximum Gasteiger partial charge on any atom is 0.0955 e. The lowest BCUT2D eigenvalue weighted by atomic mass is 10.0. The molecule has 2 atom stereocenters. The molecule has 2 heterocycles. The maximum atomic E-state index is 6.31. The van der Waals surface area contributed by atoms with Gasteiger partial charge in [0, 0.05) is 17.8 Å². The molecule has 0 bridgehead atoms. The average molecular weight is 346 g/mol. The summed E-state index contributed by atoms with van der Waals surface area (Å²) in [5.41, 5.74) is 11.0. The van der Waals surface area contributed by atoms with Gasteiger partial charge in [0.15, 0.2) is 0 Å². The first kappa shape index (κ1) is 16.0. The van der Waals surface area contributed by atoms with Crippen molar-refractivity contribution in [1.29, 1.82) is 0 Å². The zero-order chi connectivity index (χ0) is 18.0. The summed E-state index contributed by atoms with van der Waals surface area (Å²) in [7, 11) is 0. The Labute approximate surface area is 155 Å². The quantitative estimate of drug-likeness (QED) is 0.749. The lowest BCUT2D eigenvalue weighted by Gasteiger charge is -2.38. The number of ether oxygens (including phenoxy) is 1. The van der Waals surface area contributed by atoms with Gasteiger partial charge >= 0.3 is 0 Å². The molecule has 0 saturated carbocycles. The highest BCUT2D eigenvalue weighted by Crippen LogP contribution is 2.47. The molecule has 26 heavy (non-hydrogen) atoms. The van der Waals surface area contributed by atoms with E-state index in [1.54, 1.807) is 0 Å². The molecule has 0 N–H and O–H groups in total. The first-order valence-corrected chi connectivity index (χ1v) is 9.56. The van der Waals surface area contributed by atoms with Crippen molar-refractivity contribution in [3.05, 3.63) is 75.6 Å². The number of hydrogen-bond donors (Lipinski definition) is 0. The van der Waals surface area contributed by atoms with E-state index in [4.69, 9.17) is 4.74 Å². The monoisotopic (exact) mass is 346 g/mol. The molecule has 1 fully saturated rings. The molecule has 0 amide bonds. The Morgan fingerprint density at radius 1 is 1.00 bits per heavy atom. The van der Waals surface area contributed by atoms with Crippen LogP contribution < -0.4 is 4.90 Å². The van der Waals surface area contributed by atoms with Crippen LogP contribution in [0.2, 0.25) is 0 Å². The molecule has 3 heteroatoms. The van der Waals surface area contributed by atoms with E-state index in [1.807, 2.05) is 0 Å². The SMILES string of the molecule is CC1=C2CO[C@H]3Cc4ccccc4[C@H]3N2CN1c1c(C)cc(C)cc1C. The molecule has 0 aromatic heterocycles. The van der Waals surface area contributed by atoms with Crippen molar-refractivity contribution in [3.8, 4) is 0 Å². The lowest BCUT2D eigenvalue weighted by molar-refractivity contribution is -0.0291. The van der Waals surface area contributed by atoms with Gasteiger partial charge in [-0.05, 0) is 49.9 Å². The summed E-state index contributed by atoms with van der Waals surface area (Å²) in [6.45, 7) is 10.5. The van der Waals surface area contributed by atoms with Crippen molar-refractivity contribution in [2.24, 2.45) is 0 Å². The van der Waals surface area contributed by atoms with E-state index in [0.717, 1.165) is 19.7 Å². The number of aryl methyl sites for hydroxylation is 3. The van der Waals surface area contributed by atoms with E-state index >= 15 is 0 Å². The zero-order valence-corrected chi connectivity index (χ0v) is 16.0. The van der Waals surface area contributed by atoms with Gasteiger partial charge in [0.25, 0.3) is 0 Å². The van der Waals surface area contributed by atoms with Gasteiger partial charge in [-0.15, -0.1) is 0 Å². The van der Waals surface area contributed by atoms with Crippen LogP contribution in [0.15, 0.2) is 47.8 Å². The molecule has 134 valence electrons. The Kier molecular flexibility index (Phi) is 3.45. The van der Waals surface area contributed by atoms with E-state index in [0.29, 0.717) is 6.04 Å². The summed E-state index contributed by atoms with van der Waals surface area (Å²) < 4.78 is 6.31. The topological polar surface area (TPSA) is 15.7 Å². The molecule has 0 radical (unpaired) electrons. The van der Waals surface area contributed by atoms with Gasteiger partial charge in [-0.25, -0.2) is 0 Å². The van der Waals surface area contributed by atoms with Crippen LogP contribution in [0.5, 0.6) is 0 Å². The normalized spacial score (nSPS) is 24.0. The van der Waals surface area contributed by atoms with Crippen LogP contribution >= 0.6 is 0 Å². The summed E-state index contributed by atoms with van der Waals surface area (Å²) in [5.74, 6) is 0. The lowest BCUT2D eigenvalue weighted by Crippen LogP contribution is -2.41. The Morgan fingerprint density at radius 3 is 2.50 bits per heavy atom. The standard InChI is InChI=1S/C23H26N2O/c1-14-9-15(2)22(16(3)10-14)24-13-25-20(17(24)4)12-26-21-11-18-7-5-6-8-19(18)23(21)25/h5-10,21,23H,11-13H2,1-4H3/t21-,23+/m0/s1. The molecule has 1 saturated heterocycles. The summed E-state index contributed by atoms with van der Waals surface area (Å²) in [6, 6.07) is 13.8. The minimum Gasteiger partial charge on any atom is -0.369 e. The first-order chi connectivity index (χ1) is 12.5. The highest BCUT2D eigenvalue weighted by Gasteiger charge is 2.45. The van der Waals surface area contributed by atoms with Crippen LogP contribution in [0.3, 0.4) is 0 Å². The van der Waals surface area contributed by atoms with Crippen molar-refractivity contribution in [2.75, 3.05) is 18.2 Å². The molecule has 0 unspecified atom stereocenters. The third-order valence-corrected chi connectivity index (χ3v) is 6.29. The largest absolute Gasteiger partial charge is 0.369 e. The van der Waals surface area contributed by atoms with Crippen LogP contribution in [-0.4, -0.2) is 24.3 Å². The number of rotatable bonds is 1. The Hall–Kier alpha value is -2.26. The molecule has 2 aromatic rings. The summed E-state index contributed by atoms with van der Waals surface area (Å²) in [5, 5.41) is 0. The third kappa shape index (κ3) is 2.16. The second-order valence-electron chi connectivity index (χ2n) is 8.02. The minimum absolute atomic E-state index is 0.282. The number of allylic oxidation sites excluding steroid dienone is 1. The molecule has 1 aliphatic carbocycles. The minimum atomic E-state index is 0.282. The summed E-state index contributed by atoms with van der Waals surface area (Å²) in [6.07, 6.45) is 1.32. The Morgan fingerprint density at radius 2 is 1.73 bits per heavy atom. The Bertz CT molecular complexity index is 907. The molecule has 3 aliphatic rings. The second kappa shape index (κ2) is 5.62. The smallest absolute Gasteiger partial charge is 0.0955 e. The number of anilines is 1. The fourth-order valence-electron chi connectivity index (χ4n) is 5.23.